The molecular weight excluding hydrogens is 224 g/mol. The molecule has 1 aromatic carbocycles. The maximum atomic E-state index is 9.23. The van der Waals surface area contributed by atoms with Gasteiger partial charge in [0, 0.05) is 31.4 Å². The lowest BCUT2D eigenvalue weighted by atomic mass is 10.1. The molecule has 0 aromatic heterocycles. The van der Waals surface area contributed by atoms with Crippen LogP contribution in [0.25, 0.3) is 0 Å². The van der Waals surface area contributed by atoms with Gasteiger partial charge in [-0.1, -0.05) is 24.6 Å². The van der Waals surface area contributed by atoms with Gasteiger partial charge in [0.05, 0.1) is 0 Å². The Kier molecular flexibility index (Phi) is 4.61. The minimum atomic E-state index is 0.253. The van der Waals surface area contributed by atoms with E-state index in [0.717, 1.165) is 26.1 Å². The summed E-state index contributed by atoms with van der Waals surface area (Å²) >= 11 is 0. The van der Waals surface area contributed by atoms with Crippen LogP contribution in [0.1, 0.15) is 18.9 Å². The van der Waals surface area contributed by atoms with Crippen LogP contribution in [0.4, 0.5) is 5.69 Å². The molecule has 1 saturated heterocycles. The summed E-state index contributed by atoms with van der Waals surface area (Å²) in [6.45, 7) is 7.71. The van der Waals surface area contributed by atoms with E-state index in [9.17, 15) is 5.11 Å². The monoisotopic (exact) mass is 248 g/mol. The molecule has 0 bridgehead atoms. The Morgan fingerprint density at radius 3 is 2.67 bits per heavy atom. The average molecular weight is 248 g/mol. The van der Waals surface area contributed by atoms with E-state index in [1.54, 1.807) is 0 Å². The van der Waals surface area contributed by atoms with Gasteiger partial charge in [-0.2, -0.15) is 0 Å². The molecule has 0 spiro atoms. The zero-order valence-electron chi connectivity index (χ0n) is 11.4. The van der Waals surface area contributed by atoms with E-state index in [0.29, 0.717) is 12.0 Å². The molecule has 2 N–H and O–H groups in total. The van der Waals surface area contributed by atoms with Crippen LogP contribution in [-0.2, 0) is 0 Å². The van der Waals surface area contributed by atoms with Crippen molar-refractivity contribution in [2.24, 2.45) is 5.92 Å². The van der Waals surface area contributed by atoms with Gasteiger partial charge in [0.15, 0.2) is 0 Å². The van der Waals surface area contributed by atoms with Gasteiger partial charge < -0.3 is 15.3 Å². The van der Waals surface area contributed by atoms with Gasteiger partial charge in [-0.15, -0.1) is 0 Å². The molecule has 2 unspecified atom stereocenters. The number of hydrogen-bond donors (Lipinski definition) is 2. The molecule has 3 heteroatoms. The third-order valence-electron chi connectivity index (χ3n) is 3.65. The average Bonchev–Trinajstić information content (AvgIpc) is 2.53. The minimum Gasteiger partial charge on any atom is -0.396 e. The molecule has 18 heavy (non-hydrogen) atoms. The van der Waals surface area contributed by atoms with Crippen molar-refractivity contribution in [3.8, 4) is 0 Å². The highest BCUT2D eigenvalue weighted by atomic mass is 16.3. The van der Waals surface area contributed by atoms with Gasteiger partial charge >= 0.3 is 0 Å². The first-order chi connectivity index (χ1) is 8.70. The van der Waals surface area contributed by atoms with Crippen LogP contribution in [-0.4, -0.2) is 37.4 Å². The third-order valence-corrected chi connectivity index (χ3v) is 3.65. The molecule has 0 radical (unpaired) electrons. The lowest BCUT2D eigenvalue weighted by Crippen LogP contribution is -2.41. The van der Waals surface area contributed by atoms with Crippen molar-refractivity contribution in [1.82, 2.24) is 5.32 Å². The standard InChI is InChI=1S/C15H24N2O/c1-12-3-5-14(6-4-12)17-11-13(2)9-16-10-15(17)7-8-18/h3-6,13,15-16,18H,7-11H2,1-2H3. The van der Waals surface area contributed by atoms with Gasteiger partial charge in [-0.3, -0.25) is 0 Å². The van der Waals surface area contributed by atoms with Crippen LogP contribution in [0.5, 0.6) is 0 Å². The van der Waals surface area contributed by atoms with Gasteiger partial charge in [0.1, 0.15) is 0 Å². The predicted molar refractivity (Wildman–Crippen MR) is 76.0 cm³/mol. The van der Waals surface area contributed by atoms with Crippen LogP contribution in [0.15, 0.2) is 24.3 Å². The lowest BCUT2D eigenvalue weighted by molar-refractivity contribution is 0.272. The Morgan fingerprint density at radius 1 is 1.28 bits per heavy atom. The Bertz CT molecular complexity index is 363. The molecular formula is C15H24N2O. The number of benzene rings is 1. The summed E-state index contributed by atoms with van der Waals surface area (Å²) in [4.78, 5) is 2.44. The normalized spacial score (nSPS) is 24.9. The zero-order valence-corrected chi connectivity index (χ0v) is 11.4. The van der Waals surface area contributed by atoms with Crippen molar-refractivity contribution in [2.45, 2.75) is 26.3 Å². The van der Waals surface area contributed by atoms with Crippen LogP contribution in [0.3, 0.4) is 0 Å². The Hall–Kier alpha value is -1.06. The van der Waals surface area contributed by atoms with Crippen molar-refractivity contribution in [3.63, 3.8) is 0 Å². The van der Waals surface area contributed by atoms with E-state index >= 15 is 0 Å². The molecule has 1 fully saturated rings. The van der Waals surface area contributed by atoms with Crippen LogP contribution >= 0.6 is 0 Å². The smallest absolute Gasteiger partial charge is 0.0451 e. The van der Waals surface area contributed by atoms with E-state index in [4.69, 9.17) is 0 Å². The van der Waals surface area contributed by atoms with Crippen LogP contribution in [0, 0.1) is 12.8 Å². The molecule has 0 saturated carbocycles. The fourth-order valence-electron chi connectivity index (χ4n) is 2.62. The Balaban J connectivity index is 2.20. The van der Waals surface area contributed by atoms with Crippen molar-refractivity contribution < 1.29 is 5.11 Å². The second-order valence-corrected chi connectivity index (χ2v) is 5.42. The Labute approximate surface area is 110 Å². The molecule has 1 aliphatic rings. The van der Waals surface area contributed by atoms with Crippen LogP contribution < -0.4 is 10.2 Å². The molecule has 1 heterocycles. The predicted octanol–water partition coefficient (Wildman–Crippen LogP) is 1.79. The molecule has 1 aliphatic heterocycles. The van der Waals surface area contributed by atoms with Crippen molar-refractivity contribution >= 4 is 5.69 Å². The highest BCUT2D eigenvalue weighted by Gasteiger charge is 2.23. The number of rotatable bonds is 3. The fraction of sp³-hybridized carbons (Fsp3) is 0.600. The largest absolute Gasteiger partial charge is 0.396 e. The summed E-state index contributed by atoms with van der Waals surface area (Å²) in [5.74, 6) is 0.634. The first kappa shape index (κ1) is 13.4. The minimum absolute atomic E-state index is 0.253. The summed E-state index contributed by atoms with van der Waals surface area (Å²) < 4.78 is 0. The van der Waals surface area contributed by atoms with Crippen molar-refractivity contribution in [2.75, 3.05) is 31.1 Å². The zero-order chi connectivity index (χ0) is 13.0. The summed E-state index contributed by atoms with van der Waals surface area (Å²) in [7, 11) is 0. The molecule has 2 rings (SSSR count). The first-order valence-electron chi connectivity index (χ1n) is 6.85. The van der Waals surface area contributed by atoms with E-state index in [-0.39, 0.29) is 6.61 Å². The number of aryl methyl sites for hydroxylation is 1. The summed E-state index contributed by atoms with van der Waals surface area (Å²) in [6.07, 6.45) is 0.827. The highest BCUT2D eigenvalue weighted by molar-refractivity contribution is 5.49. The molecule has 0 aliphatic carbocycles. The Morgan fingerprint density at radius 2 is 2.00 bits per heavy atom. The van der Waals surface area contributed by atoms with Gasteiger partial charge in [-0.25, -0.2) is 0 Å². The first-order valence-corrected chi connectivity index (χ1v) is 6.85. The second kappa shape index (κ2) is 6.21. The third kappa shape index (κ3) is 3.24. The van der Waals surface area contributed by atoms with Crippen LogP contribution in [0.2, 0.25) is 0 Å². The van der Waals surface area contributed by atoms with E-state index in [2.05, 4.69) is 48.3 Å². The van der Waals surface area contributed by atoms with Gasteiger partial charge in [0.25, 0.3) is 0 Å². The maximum Gasteiger partial charge on any atom is 0.0451 e. The number of aliphatic hydroxyl groups excluding tert-OH is 1. The second-order valence-electron chi connectivity index (χ2n) is 5.42. The highest BCUT2D eigenvalue weighted by Crippen LogP contribution is 2.22. The number of nitrogens with zero attached hydrogens (tertiary/aromatic N) is 1. The quantitative estimate of drug-likeness (QED) is 0.856. The van der Waals surface area contributed by atoms with E-state index < -0.39 is 0 Å². The summed E-state index contributed by atoms with van der Waals surface area (Å²) in [5, 5.41) is 12.7. The summed E-state index contributed by atoms with van der Waals surface area (Å²) in [6, 6.07) is 9.10. The number of aliphatic hydroxyl groups is 1. The molecule has 1 aromatic rings. The fourth-order valence-corrected chi connectivity index (χ4v) is 2.62. The molecule has 0 amide bonds. The topological polar surface area (TPSA) is 35.5 Å². The van der Waals surface area contributed by atoms with E-state index in [1.807, 2.05) is 0 Å². The number of hydrogen-bond acceptors (Lipinski definition) is 3. The number of anilines is 1. The SMILES string of the molecule is Cc1ccc(N2CC(C)CNCC2CCO)cc1. The maximum absolute atomic E-state index is 9.23. The molecule has 2 atom stereocenters. The lowest BCUT2D eigenvalue weighted by Gasteiger charge is -2.32. The van der Waals surface area contributed by atoms with Crippen molar-refractivity contribution in [1.29, 1.82) is 0 Å². The van der Waals surface area contributed by atoms with Gasteiger partial charge in [0.2, 0.25) is 0 Å². The molecule has 100 valence electrons. The number of nitrogens with one attached hydrogen (secondary N) is 1. The summed E-state index contributed by atoms with van der Waals surface area (Å²) in [5.41, 5.74) is 2.56. The van der Waals surface area contributed by atoms with E-state index in [1.165, 1.54) is 11.3 Å². The molecule has 3 nitrogen and oxygen atoms in total. The van der Waals surface area contributed by atoms with Gasteiger partial charge in [-0.05, 0) is 37.9 Å². The van der Waals surface area contributed by atoms with Crippen molar-refractivity contribution in [3.05, 3.63) is 29.8 Å².